The molecule has 4 heteroatoms. The second-order valence-corrected chi connectivity index (χ2v) is 4.76. The van der Waals surface area contributed by atoms with Crippen molar-refractivity contribution in [2.75, 3.05) is 5.32 Å². The van der Waals surface area contributed by atoms with E-state index in [0.717, 1.165) is 22.3 Å². The summed E-state index contributed by atoms with van der Waals surface area (Å²) in [5, 5.41) is 13.6. The summed E-state index contributed by atoms with van der Waals surface area (Å²) in [7, 11) is 0. The standard InChI is InChI=1S/C16H10ClN3/c17-14-7-11(9-18)5-6-16(14)20-13-8-12-3-1-2-4-15(12)19-10-13/h1-8,10,20H. The Balaban J connectivity index is 1.95. The van der Waals surface area contributed by atoms with E-state index >= 15 is 0 Å². The number of hydrogen-bond acceptors (Lipinski definition) is 3. The van der Waals surface area contributed by atoms with Gasteiger partial charge < -0.3 is 5.32 Å². The van der Waals surface area contributed by atoms with Crippen molar-refractivity contribution in [1.29, 1.82) is 5.26 Å². The monoisotopic (exact) mass is 279 g/mol. The highest BCUT2D eigenvalue weighted by atomic mass is 35.5. The van der Waals surface area contributed by atoms with E-state index in [-0.39, 0.29) is 0 Å². The average molecular weight is 280 g/mol. The van der Waals surface area contributed by atoms with Gasteiger partial charge in [0, 0.05) is 5.39 Å². The Morgan fingerprint density at radius 3 is 2.75 bits per heavy atom. The molecule has 0 amide bonds. The van der Waals surface area contributed by atoms with Crippen molar-refractivity contribution in [3.63, 3.8) is 0 Å². The van der Waals surface area contributed by atoms with Crippen molar-refractivity contribution in [2.45, 2.75) is 0 Å². The van der Waals surface area contributed by atoms with Crippen LogP contribution in [0.2, 0.25) is 5.02 Å². The first-order valence-corrected chi connectivity index (χ1v) is 6.45. The van der Waals surface area contributed by atoms with Crippen LogP contribution in [0.4, 0.5) is 11.4 Å². The third kappa shape index (κ3) is 2.42. The molecule has 1 N–H and O–H groups in total. The van der Waals surface area contributed by atoms with Crippen molar-refractivity contribution in [3.05, 3.63) is 65.3 Å². The molecule has 1 aromatic heterocycles. The van der Waals surface area contributed by atoms with Gasteiger partial charge >= 0.3 is 0 Å². The number of nitrogens with zero attached hydrogens (tertiary/aromatic N) is 2. The molecule has 0 atom stereocenters. The van der Waals surface area contributed by atoms with Gasteiger partial charge in [-0.1, -0.05) is 29.8 Å². The lowest BCUT2D eigenvalue weighted by Gasteiger charge is -2.09. The summed E-state index contributed by atoms with van der Waals surface area (Å²) in [6.45, 7) is 0. The molecule has 0 unspecified atom stereocenters. The van der Waals surface area contributed by atoms with Crippen LogP contribution in [0, 0.1) is 11.3 Å². The molecule has 0 saturated carbocycles. The Hall–Kier alpha value is -2.57. The molecule has 96 valence electrons. The van der Waals surface area contributed by atoms with E-state index < -0.39 is 0 Å². The lowest BCUT2D eigenvalue weighted by atomic mass is 10.2. The number of nitriles is 1. The number of para-hydroxylation sites is 1. The van der Waals surface area contributed by atoms with Crippen molar-refractivity contribution in [2.24, 2.45) is 0 Å². The van der Waals surface area contributed by atoms with Crippen LogP contribution < -0.4 is 5.32 Å². The van der Waals surface area contributed by atoms with Gasteiger partial charge in [-0.25, -0.2) is 0 Å². The second kappa shape index (κ2) is 5.20. The highest BCUT2D eigenvalue weighted by Crippen LogP contribution is 2.27. The van der Waals surface area contributed by atoms with Crippen LogP contribution in [0.15, 0.2) is 54.7 Å². The summed E-state index contributed by atoms with van der Waals surface area (Å²) in [4.78, 5) is 4.38. The number of pyridine rings is 1. The van der Waals surface area contributed by atoms with Gasteiger partial charge in [-0.05, 0) is 30.3 Å². The molecule has 0 aliphatic rings. The van der Waals surface area contributed by atoms with Gasteiger partial charge in [0.15, 0.2) is 0 Å². The zero-order chi connectivity index (χ0) is 13.9. The minimum absolute atomic E-state index is 0.511. The van der Waals surface area contributed by atoms with Crippen molar-refractivity contribution >= 4 is 33.9 Å². The molecule has 0 bridgehead atoms. The number of rotatable bonds is 2. The Morgan fingerprint density at radius 2 is 1.95 bits per heavy atom. The second-order valence-electron chi connectivity index (χ2n) is 4.35. The Kier molecular flexibility index (Phi) is 3.24. The summed E-state index contributed by atoms with van der Waals surface area (Å²) in [5.41, 5.74) is 3.10. The quantitative estimate of drug-likeness (QED) is 0.751. The van der Waals surface area contributed by atoms with Crippen LogP contribution in [0.3, 0.4) is 0 Å². The summed E-state index contributed by atoms with van der Waals surface area (Å²) in [5.74, 6) is 0. The van der Waals surface area contributed by atoms with Crippen LogP contribution in [0.5, 0.6) is 0 Å². The highest BCUT2D eigenvalue weighted by molar-refractivity contribution is 6.33. The van der Waals surface area contributed by atoms with Gasteiger partial charge in [-0.2, -0.15) is 5.26 Å². The summed E-state index contributed by atoms with van der Waals surface area (Å²) in [6, 6.07) is 17.1. The number of hydrogen-bond donors (Lipinski definition) is 1. The number of halogens is 1. The molecule has 0 fully saturated rings. The SMILES string of the molecule is N#Cc1ccc(Nc2cnc3ccccc3c2)c(Cl)c1. The maximum atomic E-state index is 8.82. The van der Waals surface area contributed by atoms with E-state index in [0.29, 0.717) is 10.6 Å². The third-order valence-corrected chi connectivity index (χ3v) is 3.28. The largest absolute Gasteiger partial charge is 0.353 e. The molecule has 20 heavy (non-hydrogen) atoms. The smallest absolute Gasteiger partial charge is 0.0992 e. The van der Waals surface area contributed by atoms with E-state index in [9.17, 15) is 0 Å². The van der Waals surface area contributed by atoms with Crippen LogP contribution in [0.25, 0.3) is 10.9 Å². The maximum absolute atomic E-state index is 8.82. The fourth-order valence-electron chi connectivity index (χ4n) is 1.98. The number of fused-ring (bicyclic) bond motifs is 1. The molecule has 3 rings (SSSR count). The normalized spacial score (nSPS) is 10.2. The van der Waals surface area contributed by atoms with E-state index in [1.165, 1.54) is 0 Å². The first kappa shape index (κ1) is 12.5. The first-order chi connectivity index (χ1) is 9.76. The first-order valence-electron chi connectivity index (χ1n) is 6.08. The molecule has 1 heterocycles. The zero-order valence-corrected chi connectivity index (χ0v) is 11.2. The molecule has 2 aromatic carbocycles. The molecule has 0 aliphatic carbocycles. The Bertz CT molecular complexity index is 821. The summed E-state index contributed by atoms with van der Waals surface area (Å²) >= 11 is 6.14. The van der Waals surface area contributed by atoms with Gasteiger partial charge in [-0.3, -0.25) is 4.98 Å². The molecule has 3 nitrogen and oxygen atoms in total. The predicted octanol–water partition coefficient (Wildman–Crippen LogP) is 4.50. The average Bonchev–Trinajstić information content (AvgIpc) is 2.49. The molecule has 0 saturated heterocycles. The minimum Gasteiger partial charge on any atom is -0.353 e. The molecule has 0 aliphatic heterocycles. The summed E-state index contributed by atoms with van der Waals surface area (Å²) < 4.78 is 0. The van der Waals surface area contributed by atoms with E-state index in [2.05, 4.69) is 16.4 Å². The van der Waals surface area contributed by atoms with Gasteiger partial charge in [-0.15, -0.1) is 0 Å². The van der Waals surface area contributed by atoms with Gasteiger partial charge in [0.05, 0.1) is 39.7 Å². The van der Waals surface area contributed by atoms with Crippen molar-refractivity contribution in [3.8, 4) is 6.07 Å². The van der Waals surface area contributed by atoms with E-state index in [4.69, 9.17) is 16.9 Å². The van der Waals surface area contributed by atoms with E-state index in [1.807, 2.05) is 30.3 Å². The fraction of sp³-hybridized carbons (Fsp3) is 0. The maximum Gasteiger partial charge on any atom is 0.0992 e. The van der Waals surface area contributed by atoms with E-state index in [1.54, 1.807) is 24.4 Å². The Labute approximate surface area is 121 Å². The zero-order valence-electron chi connectivity index (χ0n) is 10.5. The summed E-state index contributed by atoms with van der Waals surface area (Å²) in [6.07, 6.45) is 1.76. The molecule has 0 spiro atoms. The molecular weight excluding hydrogens is 270 g/mol. The fourth-order valence-corrected chi connectivity index (χ4v) is 2.21. The minimum atomic E-state index is 0.511. The van der Waals surface area contributed by atoms with Gasteiger partial charge in [0.2, 0.25) is 0 Å². The lowest BCUT2D eigenvalue weighted by Crippen LogP contribution is -1.93. The predicted molar refractivity (Wildman–Crippen MR) is 81.2 cm³/mol. The van der Waals surface area contributed by atoms with Crippen LogP contribution in [-0.4, -0.2) is 4.98 Å². The number of aromatic nitrogens is 1. The third-order valence-electron chi connectivity index (χ3n) is 2.97. The lowest BCUT2D eigenvalue weighted by molar-refractivity contribution is 1.39. The number of nitrogens with one attached hydrogen (secondary N) is 1. The molecule has 3 aromatic rings. The highest BCUT2D eigenvalue weighted by Gasteiger charge is 2.03. The van der Waals surface area contributed by atoms with Crippen molar-refractivity contribution in [1.82, 2.24) is 4.98 Å². The van der Waals surface area contributed by atoms with Crippen LogP contribution >= 0.6 is 11.6 Å². The van der Waals surface area contributed by atoms with Crippen LogP contribution in [0.1, 0.15) is 5.56 Å². The number of anilines is 2. The molecular formula is C16H10ClN3. The van der Waals surface area contributed by atoms with Gasteiger partial charge in [0.1, 0.15) is 0 Å². The Morgan fingerprint density at radius 1 is 1.10 bits per heavy atom. The topological polar surface area (TPSA) is 48.7 Å². The van der Waals surface area contributed by atoms with Crippen molar-refractivity contribution < 1.29 is 0 Å². The van der Waals surface area contributed by atoms with Crippen LogP contribution in [-0.2, 0) is 0 Å². The van der Waals surface area contributed by atoms with Gasteiger partial charge in [0.25, 0.3) is 0 Å². The number of benzene rings is 2. The molecule has 0 radical (unpaired) electrons.